The molecule has 1 unspecified atom stereocenters. The summed E-state index contributed by atoms with van der Waals surface area (Å²) < 4.78 is 5.46. The Morgan fingerprint density at radius 3 is 3.06 bits per heavy atom. The summed E-state index contributed by atoms with van der Waals surface area (Å²) in [6.45, 7) is 2.85. The minimum Gasteiger partial charge on any atom is -0.478 e. The number of rotatable bonds is 5. The van der Waals surface area contributed by atoms with Gasteiger partial charge in [0.1, 0.15) is 5.52 Å². The molecular weight excluding hydrogens is 252 g/mol. The first-order valence-electron chi connectivity index (χ1n) is 5.50. The van der Waals surface area contributed by atoms with E-state index in [1.54, 1.807) is 17.8 Å². The quantitative estimate of drug-likeness (QED) is 0.866. The minimum atomic E-state index is -0.973. The number of carbonyl (C=O) groups is 1. The number of oxazole rings is 1. The van der Waals surface area contributed by atoms with Crippen molar-refractivity contribution in [2.24, 2.45) is 0 Å². The third kappa shape index (κ3) is 2.76. The molecule has 2 rings (SSSR count). The second-order valence-corrected chi connectivity index (χ2v) is 5.21. The topological polar surface area (TPSA) is 75.4 Å². The van der Waals surface area contributed by atoms with E-state index in [1.807, 2.05) is 6.26 Å². The number of anilines is 1. The minimum absolute atomic E-state index is 0.197. The van der Waals surface area contributed by atoms with Crippen molar-refractivity contribution in [2.45, 2.75) is 12.2 Å². The van der Waals surface area contributed by atoms with Crippen molar-refractivity contribution in [1.82, 2.24) is 4.98 Å². The smallest absolute Gasteiger partial charge is 0.335 e. The number of nitrogens with one attached hydrogen (secondary N) is 1. The van der Waals surface area contributed by atoms with Crippen LogP contribution in [0.25, 0.3) is 11.1 Å². The lowest BCUT2D eigenvalue weighted by Gasteiger charge is -2.06. The van der Waals surface area contributed by atoms with Gasteiger partial charge >= 0.3 is 5.97 Å². The van der Waals surface area contributed by atoms with Gasteiger partial charge in [-0.25, -0.2) is 4.79 Å². The van der Waals surface area contributed by atoms with Crippen LogP contribution in [0.3, 0.4) is 0 Å². The second kappa shape index (κ2) is 5.30. The molecule has 0 aliphatic heterocycles. The normalized spacial score (nSPS) is 12.6. The Balaban J connectivity index is 2.19. The summed E-state index contributed by atoms with van der Waals surface area (Å²) in [6.07, 6.45) is 2.04. The molecule has 18 heavy (non-hydrogen) atoms. The zero-order valence-corrected chi connectivity index (χ0v) is 11.0. The van der Waals surface area contributed by atoms with E-state index in [0.717, 1.165) is 6.54 Å². The Labute approximate surface area is 109 Å². The second-order valence-electron chi connectivity index (χ2n) is 3.93. The highest BCUT2D eigenvalue weighted by atomic mass is 32.2. The lowest BCUT2D eigenvalue weighted by molar-refractivity contribution is 0.0697. The summed E-state index contributed by atoms with van der Waals surface area (Å²) in [5.74, 6) is -0.973. The Hall–Kier alpha value is -1.69. The van der Waals surface area contributed by atoms with Crippen molar-refractivity contribution in [3.63, 3.8) is 0 Å². The summed E-state index contributed by atoms with van der Waals surface area (Å²) in [4.78, 5) is 15.1. The van der Waals surface area contributed by atoms with Crippen molar-refractivity contribution in [2.75, 3.05) is 18.1 Å². The summed E-state index contributed by atoms with van der Waals surface area (Å²) >= 11 is 1.75. The van der Waals surface area contributed by atoms with Crippen LogP contribution < -0.4 is 5.32 Å². The predicted molar refractivity (Wildman–Crippen MR) is 72.4 cm³/mol. The molecule has 1 aromatic heterocycles. The molecule has 0 radical (unpaired) electrons. The number of benzene rings is 1. The molecule has 0 amide bonds. The maximum absolute atomic E-state index is 10.8. The molecule has 1 aromatic carbocycles. The predicted octanol–water partition coefficient (Wildman–Crippen LogP) is 2.69. The van der Waals surface area contributed by atoms with Crippen molar-refractivity contribution in [3.05, 3.63) is 23.8 Å². The molecule has 2 aromatic rings. The average Bonchev–Trinajstić information content (AvgIpc) is 2.77. The number of nitrogens with zero attached hydrogens (tertiary/aromatic N) is 1. The SMILES string of the molecule is CSC(C)CNc1nc2ccc(C(=O)O)cc2o1. The Morgan fingerprint density at radius 2 is 2.39 bits per heavy atom. The van der Waals surface area contributed by atoms with Crippen LogP contribution in [0.5, 0.6) is 0 Å². The lowest BCUT2D eigenvalue weighted by atomic mass is 10.2. The summed E-state index contributed by atoms with van der Waals surface area (Å²) in [7, 11) is 0. The highest BCUT2D eigenvalue weighted by Crippen LogP contribution is 2.20. The van der Waals surface area contributed by atoms with Crippen LogP contribution in [0.1, 0.15) is 17.3 Å². The van der Waals surface area contributed by atoms with Crippen LogP contribution in [-0.2, 0) is 0 Å². The monoisotopic (exact) mass is 266 g/mol. The Morgan fingerprint density at radius 1 is 1.61 bits per heavy atom. The van der Waals surface area contributed by atoms with Gasteiger partial charge in [0.25, 0.3) is 6.01 Å². The van der Waals surface area contributed by atoms with E-state index in [9.17, 15) is 4.79 Å². The van der Waals surface area contributed by atoms with E-state index in [0.29, 0.717) is 22.4 Å². The van der Waals surface area contributed by atoms with Gasteiger partial charge in [-0.3, -0.25) is 0 Å². The van der Waals surface area contributed by atoms with Gasteiger partial charge in [0.2, 0.25) is 0 Å². The zero-order chi connectivity index (χ0) is 13.1. The molecule has 0 bridgehead atoms. The molecule has 1 atom stereocenters. The molecule has 5 nitrogen and oxygen atoms in total. The molecule has 0 aliphatic rings. The fourth-order valence-electron chi connectivity index (χ4n) is 1.45. The molecule has 0 saturated heterocycles. The highest BCUT2D eigenvalue weighted by Gasteiger charge is 2.10. The summed E-state index contributed by atoms with van der Waals surface area (Å²) in [5, 5.41) is 12.4. The third-order valence-corrected chi connectivity index (χ3v) is 3.55. The Kier molecular flexibility index (Phi) is 3.76. The van der Waals surface area contributed by atoms with Crippen LogP contribution in [0, 0.1) is 0 Å². The fraction of sp³-hybridized carbons (Fsp3) is 0.333. The number of carboxylic acid groups (broad SMARTS) is 1. The van der Waals surface area contributed by atoms with Gasteiger partial charge in [-0.1, -0.05) is 6.92 Å². The number of hydrogen-bond donors (Lipinski definition) is 2. The first kappa shape index (κ1) is 12.8. The number of thioether (sulfide) groups is 1. The number of aromatic carboxylic acids is 1. The van der Waals surface area contributed by atoms with E-state index in [1.165, 1.54) is 12.1 Å². The van der Waals surface area contributed by atoms with Gasteiger partial charge in [-0.15, -0.1) is 0 Å². The van der Waals surface area contributed by atoms with Gasteiger partial charge in [-0.05, 0) is 24.5 Å². The number of carboxylic acids is 1. The molecule has 0 saturated carbocycles. The van der Waals surface area contributed by atoms with E-state index in [4.69, 9.17) is 9.52 Å². The van der Waals surface area contributed by atoms with Crippen molar-refractivity contribution < 1.29 is 14.3 Å². The van der Waals surface area contributed by atoms with Crippen LogP contribution in [0.4, 0.5) is 6.01 Å². The molecule has 0 fully saturated rings. The molecule has 2 N–H and O–H groups in total. The van der Waals surface area contributed by atoms with Crippen molar-refractivity contribution in [3.8, 4) is 0 Å². The molecule has 0 spiro atoms. The molecule has 6 heteroatoms. The largest absolute Gasteiger partial charge is 0.478 e. The summed E-state index contributed by atoms with van der Waals surface area (Å²) in [6, 6.07) is 5.06. The maximum atomic E-state index is 10.8. The Bertz CT molecular complexity index is 567. The van der Waals surface area contributed by atoms with E-state index < -0.39 is 5.97 Å². The first-order chi connectivity index (χ1) is 8.60. The number of hydrogen-bond acceptors (Lipinski definition) is 5. The lowest BCUT2D eigenvalue weighted by Crippen LogP contribution is -2.12. The highest BCUT2D eigenvalue weighted by molar-refractivity contribution is 7.99. The first-order valence-corrected chi connectivity index (χ1v) is 6.79. The number of fused-ring (bicyclic) bond motifs is 1. The van der Waals surface area contributed by atoms with E-state index >= 15 is 0 Å². The molecule has 0 aliphatic carbocycles. The molecular formula is C12H14N2O3S. The van der Waals surface area contributed by atoms with Gasteiger partial charge in [-0.2, -0.15) is 16.7 Å². The standard InChI is InChI=1S/C12H14N2O3S/c1-7(18-2)6-13-12-14-9-4-3-8(11(15)16)5-10(9)17-12/h3-5,7H,6H2,1-2H3,(H,13,14)(H,15,16). The van der Waals surface area contributed by atoms with Crippen molar-refractivity contribution in [1.29, 1.82) is 0 Å². The van der Waals surface area contributed by atoms with Crippen LogP contribution in [0.15, 0.2) is 22.6 Å². The zero-order valence-electron chi connectivity index (χ0n) is 10.1. The van der Waals surface area contributed by atoms with Crippen LogP contribution in [-0.4, -0.2) is 34.1 Å². The average molecular weight is 266 g/mol. The van der Waals surface area contributed by atoms with Crippen LogP contribution in [0.2, 0.25) is 0 Å². The third-order valence-electron chi connectivity index (χ3n) is 2.58. The van der Waals surface area contributed by atoms with Gasteiger partial charge in [0.15, 0.2) is 5.58 Å². The van der Waals surface area contributed by atoms with E-state index in [-0.39, 0.29) is 5.56 Å². The molecule has 1 heterocycles. The summed E-state index contributed by atoms with van der Waals surface area (Å²) in [5.41, 5.74) is 1.33. The van der Waals surface area contributed by atoms with Gasteiger partial charge in [0.05, 0.1) is 5.56 Å². The maximum Gasteiger partial charge on any atom is 0.335 e. The van der Waals surface area contributed by atoms with Gasteiger partial charge < -0.3 is 14.8 Å². The molecule has 96 valence electrons. The van der Waals surface area contributed by atoms with Crippen LogP contribution >= 0.6 is 11.8 Å². The van der Waals surface area contributed by atoms with E-state index in [2.05, 4.69) is 17.2 Å². The van der Waals surface area contributed by atoms with Gasteiger partial charge in [0, 0.05) is 11.8 Å². The fourth-order valence-corrected chi connectivity index (χ4v) is 1.70. The van der Waals surface area contributed by atoms with Crippen molar-refractivity contribution >= 4 is 34.8 Å². The number of aromatic nitrogens is 1.